The average Bonchev–Trinajstić information content (AvgIpc) is 3.10. The molecule has 0 saturated carbocycles. The minimum atomic E-state index is 0.850. The van der Waals surface area contributed by atoms with Crippen molar-refractivity contribution >= 4 is 0 Å². The van der Waals surface area contributed by atoms with Gasteiger partial charge in [0.2, 0.25) is 0 Å². The molecule has 4 nitrogen and oxygen atoms in total. The van der Waals surface area contributed by atoms with E-state index in [4.69, 9.17) is 0 Å². The maximum absolute atomic E-state index is 4.45. The summed E-state index contributed by atoms with van der Waals surface area (Å²) in [5.41, 5.74) is 2.20. The van der Waals surface area contributed by atoms with Gasteiger partial charge in [0, 0.05) is 51.0 Å². The summed E-state index contributed by atoms with van der Waals surface area (Å²) < 4.78 is 2.22. The van der Waals surface area contributed by atoms with Crippen molar-refractivity contribution in [3.05, 3.63) is 84.7 Å². The summed E-state index contributed by atoms with van der Waals surface area (Å²) in [6.45, 7) is 3.76. The van der Waals surface area contributed by atoms with Gasteiger partial charge in [0.15, 0.2) is 0 Å². The van der Waals surface area contributed by atoms with Gasteiger partial charge >= 0.3 is 0 Å². The Kier molecular flexibility index (Phi) is 5.53. The second-order valence-electron chi connectivity index (χ2n) is 5.63. The van der Waals surface area contributed by atoms with Crippen LogP contribution in [0.2, 0.25) is 0 Å². The lowest BCUT2D eigenvalue weighted by molar-refractivity contribution is 0.243. The van der Waals surface area contributed by atoms with Crippen LogP contribution in [-0.4, -0.2) is 26.0 Å². The van der Waals surface area contributed by atoms with Gasteiger partial charge in [-0.3, -0.25) is 14.9 Å². The Morgan fingerprint density at radius 1 is 0.783 bits per heavy atom. The zero-order valence-electron chi connectivity index (χ0n) is 13.3. The van der Waals surface area contributed by atoms with Crippen LogP contribution in [0.1, 0.15) is 17.8 Å². The predicted molar refractivity (Wildman–Crippen MR) is 91.6 cm³/mol. The summed E-state index contributed by atoms with van der Waals surface area (Å²) in [6, 6.07) is 16.3. The van der Waals surface area contributed by atoms with Crippen LogP contribution in [0.15, 0.2) is 73.3 Å². The van der Waals surface area contributed by atoms with Crippen molar-refractivity contribution in [1.29, 1.82) is 0 Å². The first-order valence-corrected chi connectivity index (χ1v) is 8.03. The van der Waals surface area contributed by atoms with E-state index in [2.05, 4.69) is 56.1 Å². The summed E-state index contributed by atoms with van der Waals surface area (Å²) in [6.07, 6.45) is 9.04. The fourth-order valence-electron chi connectivity index (χ4n) is 2.65. The molecule has 0 amide bonds. The second kappa shape index (κ2) is 8.25. The van der Waals surface area contributed by atoms with E-state index in [-0.39, 0.29) is 0 Å². The lowest BCUT2D eigenvalue weighted by Crippen LogP contribution is -2.25. The number of hydrogen-bond donors (Lipinski definition) is 0. The molecule has 3 aromatic rings. The molecule has 0 aliphatic heterocycles. The van der Waals surface area contributed by atoms with Gasteiger partial charge in [-0.2, -0.15) is 0 Å². The van der Waals surface area contributed by atoms with E-state index in [1.54, 1.807) is 0 Å². The van der Waals surface area contributed by atoms with Gasteiger partial charge in [-0.1, -0.05) is 12.1 Å². The van der Waals surface area contributed by atoms with Crippen LogP contribution in [0.5, 0.6) is 0 Å². The van der Waals surface area contributed by atoms with E-state index in [0.717, 1.165) is 44.0 Å². The molecule has 0 spiro atoms. The van der Waals surface area contributed by atoms with Crippen LogP contribution in [-0.2, 0) is 19.6 Å². The Balaban J connectivity index is 1.60. The van der Waals surface area contributed by atoms with Crippen molar-refractivity contribution in [2.24, 2.45) is 0 Å². The molecule has 0 unspecified atom stereocenters. The summed E-state index contributed by atoms with van der Waals surface area (Å²) in [4.78, 5) is 11.3. The first-order valence-electron chi connectivity index (χ1n) is 8.03. The van der Waals surface area contributed by atoms with Crippen LogP contribution in [0.3, 0.4) is 0 Å². The fraction of sp³-hybridized carbons (Fsp3) is 0.263. The molecule has 0 fully saturated rings. The third-order valence-corrected chi connectivity index (χ3v) is 3.78. The minimum Gasteiger partial charge on any atom is -0.354 e. The molecule has 3 rings (SSSR count). The number of nitrogens with zero attached hydrogens (tertiary/aromatic N) is 4. The predicted octanol–water partition coefficient (Wildman–Crippen LogP) is 3.37. The SMILES string of the molecule is c1ccc(CN(CCCn2cccc2)Cc2ccccn2)nc1. The van der Waals surface area contributed by atoms with E-state index < -0.39 is 0 Å². The highest BCUT2D eigenvalue weighted by Gasteiger charge is 2.08. The number of aromatic nitrogens is 3. The Morgan fingerprint density at radius 2 is 1.39 bits per heavy atom. The van der Waals surface area contributed by atoms with E-state index in [9.17, 15) is 0 Å². The molecule has 0 aromatic carbocycles. The summed E-state index contributed by atoms with van der Waals surface area (Å²) >= 11 is 0. The normalized spacial score (nSPS) is 11.0. The number of pyridine rings is 2. The van der Waals surface area contributed by atoms with Crippen LogP contribution in [0.4, 0.5) is 0 Å². The Hall–Kier alpha value is -2.46. The van der Waals surface area contributed by atoms with E-state index >= 15 is 0 Å². The van der Waals surface area contributed by atoms with Crippen molar-refractivity contribution in [2.75, 3.05) is 6.54 Å². The standard InChI is InChI=1S/C19H22N4/c1-3-10-20-18(8-1)16-23(17-19-9-2-4-11-21-19)15-7-14-22-12-5-6-13-22/h1-6,8-13H,7,14-17H2. The fourth-order valence-corrected chi connectivity index (χ4v) is 2.65. The first-order chi connectivity index (χ1) is 11.4. The molecule has 0 aliphatic carbocycles. The number of rotatable bonds is 8. The van der Waals surface area contributed by atoms with Crippen molar-refractivity contribution < 1.29 is 0 Å². The van der Waals surface area contributed by atoms with E-state index in [1.807, 2.05) is 36.7 Å². The van der Waals surface area contributed by atoms with Crippen LogP contribution in [0, 0.1) is 0 Å². The Labute approximate surface area is 137 Å². The maximum Gasteiger partial charge on any atom is 0.0544 e. The van der Waals surface area contributed by atoms with Gasteiger partial charge in [0.1, 0.15) is 0 Å². The largest absolute Gasteiger partial charge is 0.354 e. The molecule has 3 aromatic heterocycles. The lowest BCUT2D eigenvalue weighted by Gasteiger charge is -2.21. The molecule has 0 bridgehead atoms. The molecule has 0 radical (unpaired) electrons. The smallest absolute Gasteiger partial charge is 0.0544 e. The van der Waals surface area contributed by atoms with Crippen LogP contribution >= 0.6 is 0 Å². The van der Waals surface area contributed by atoms with E-state index in [0.29, 0.717) is 0 Å². The zero-order valence-corrected chi connectivity index (χ0v) is 13.3. The van der Waals surface area contributed by atoms with Crippen molar-refractivity contribution in [1.82, 2.24) is 19.4 Å². The first kappa shape index (κ1) is 15.4. The molecule has 0 atom stereocenters. The highest BCUT2D eigenvalue weighted by atomic mass is 15.1. The molecular formula is C19H22N4. The Morgan fingerprint density at radius 3 is 1.91 bits per heavy atom. The molecular weight excluding hydrogens is 284 g/mol. The quantitative estimate of drug-likeness (QED) is 0.640. The summed E-state index contributed by atoms with van der Waals surface area (Å²) in [7, 11) is 0. The van der Waals surface area contributed by atoms with Crippen LogP contribution < -0.4 is 0 Å². The molecule has 0 aliphatic rings. The highest BCUT2D eigenvalue weighted by Crippen LogP contribution is 2.08. The molecule has 4 heteroatoms. The van der Waals surface area contributed by atoms with Gasteiger partial charge in [0.25, 0.3) is 0 Å². The van der Waals surface area contributed by atoms with Crippen molar-refractivity contribution in [2.45, 2.75) is 26.1 Å². The topological polar surface area (TPSA) is 34.0 Å². The summed E-state index contributed by atoms with van der Waals surface area (Å²) in [5.74, 6) is 0. The zero-order chi connectivity index (χ0) is 15.7. The molecule has 0 N–H and O–H groups in total. The lowest BCUT2D eigenvalue weighted by atomic mass is 10.2. The van der Waals surface area contributed by atoms with Gasteiger partial charge < -0.3 is 4.57 Å². The molecule has 118 valence electrons. The van der Waals surface area contributed by atoms with Crippen molar-refractivity contribution in [3.63, 3.8) is 0 Å². The Bertz CT molecular complexity index is 624. The van der Waals surface area contributed by atoms with Gasteiger partial charge in [-0.25, -0.2) is 0 Å². The monoisotopic (exact) mass is 306 g/mol. The summed E-state index contributed by atoms with van der Waals surface area (Å²) in [5, 5.41) is 0. The van der Waals surface area contributed by atoms with E-state index in [1.165, 1.54) is 0 Å². The molecule has 3 heterocycles. The third kappa shape index (κ3) is 5.04. The van der Waals surface area contributed by atoms with Gasteiger partial charge in [-0.15, -0.1) is 0 Å². The third-order valence-electron chi connectivity index (χ3n) is 3.78. The van der Waals surface area contributed by atoms with Crippen molar-refractivity contribution in [3.8, 4) is 0 Å². The highest BCUT2D eigenvalue weighted by molar-refractivity contribution is 5.06. The molecule has 23 heavy (non-hydrogen) atoms. The average molecular weight is 306 g/mol. The van der Waals surface area contributed by atoms with Gasteiger partial charge in [0.05, 0.1) is 11.4 Å². The van der Waals surface area contributed by atoms with Crippen LogP contribution in [0.25, 0.3) is 0 Å². The molecule has 0 saturated heterocycles. The van der Waals surface area contributed by atoms with Gasteiger partial charge in [-0.05, 0) is 42.8 Å². The number of hydrogen-bond acceptors (Lipinski definition) is 3. The number of aryl methyl sites for hydroxylation is 1. The minimum absolute atomic E-state index is 0.850. The maximum atomic E-state index is 4.45. The second-order valence-corrected chi connectivity index (χ2v) is 5.63.